The lowest BCUT2D eigenvalue weighted by Crippen LogP contribution is -1.86. The van der Waals surface area contributed by atoms with Crippen LogP contribution in [-0.4, -0.2) is 12.7 Å². The van der Waals surface area contributed by atoms with Gasteiger partial charge in [-0.05, 0) is 18.9 Å². The minimum atomic E-state index is 0.500. The van der Waals surface area contributed by atoms with E-state index in [1.54, 1.807) is 0 Å². The summed E-state index contributed by atoms with van der Waals surface area (Å²) in [7, 11) is 0. The van der Waals surface area contributed by atoms with Crippen molar-refractivity contribution in [1.29, 1.82) is 0 Å². The molecule has 13 heavy (non-hydrogen) atoms. The van der Waals surface area contributed by atoms with E-state index in [0.717, 1.165) is 13.0 Å². The van der Waals surface area contributed by atoms with Crippen LogP contribution < -0.4 is 0 Å². The van der Waals surface area contributed by atoms with Gasteiger partial charge in [-0.2, -0.15) is 0 Å². The van der Waals surface area contributed by atoms with Gasteiger partial charge in [-0.15, -0.1) is 0 Å². The van der Waals surface area contributed by atoms with Crippen LogP contribution in [-0.2, 0) is 4.74 Å². The van der Waals surface area contributed by atoms with Gasteiger partial charge in [-0.1, -0.05) is 42.0 Å². The lowest BCUT2D eigenvalue weighted by Gasteiger charge is -1.97. The fourth-order valence-corrected chi connectivity index (χ4v) is 1.44. The molecule has 0 amide bonds. The Kier molecular flexibility index (Phi) is 2.46. The molecule has 0 saturated carbocycles. The molecular formula is C12H14O. The summed E-state index contributed by atoms with van der Waals surface area (Å²) in [5, 5.41) is 0. The van der Waals surface area contributed by atoms with E-state index >= 15 is 0 Å². The van der Waals surface area contributed by atoms with Crippen molar-refractivity contribution in [2.45, 2.75) is 19.4 Å². The highest BCUT2D eigenvalue weighted by Crippen LogP contribution is 2.20. The maximum atomic E-state index is 5.18. The van der Waals surface area contributed by atoms with E-state index in [-0.39, 0.29) is 0 Å². The second-order valence-corrected chi connectivity index (χ2v) is 3.56. The van der Waals surface area contributed by atoms with Gasteiger partial charge in [0.2, 0.25) is 0 Å². The van der Waals surface area contributed by atoms with E-state index in [4.69, 9.17) is 4.74 Å². The Balaban J connectivity index is 2.01. The zero-order chi connectivity index (χ0) is 9.10. The topological polar surface area (TPSA) is 12.5 Å². The molecule has 1 fully saturated rings. The molecule has 1 unspecified atom stereocenters. The fraction of sp³-hybridized carbons (Fsp3) is 0.333. The van der Waals surface area contributed by atoms with Crippen molar-refractivity contribution >= 4 is 6.08 Å². The molecule has 1 saturated heterocycles. The highest BCUT2D eigenvalue weighted by molar-refractivity contribution is 5.52. The van der Waals surface area contributed by atoms with Gasteiger partial charge >= 0.3 is 0 Å². The molecular weight excluding hydrogens is 160 g/mol. The number of ether oxygens (including phenoxy) is 1. The number of rotatable bonds is 3. The van der Waals surface area contributed by atoms with Gasteiger partial charge in [0.1, 0.15) is 0 Å². The number of epoxide rings is 1. The standard InChI is InChI=1S/C12H14O/c1-10(8-12-9-13-12)7-11-5-3-2-4-6-11/h2-7,12H,8-9H2,1H3. The van der Waals surface area contributed by atoms with Crippen molar-refractivity contribution in [3.8, 4) is 0 Å². The fourth-order valence-electron chi connectivity index (χ4n) is 1.44. The van der Waals surface area contributed by atoms with Crippen molar-refractivity contribution in [2.75, 3.05) is 6.61 Å². The second-order valence-electron chi connectivity index (χ2n) is 3.56. The lowest BCUT2D eigenvalue weighted by molar-refractivity contribution is 0.407. The van der Waals surface area contributed by atoms with Crippen LogP contribution >= 0.6 is 0 Å². The molecule has 1 nitrogen and oxygen atoms in total. The normalized spacial score (nSPS) is 21.6. The predicted octanol–water partition coefficient (Wildman–Crippen LogP) is 2.88. The summed E-state index contributed by atoms with van der Waals surface area (Å²) >= 11 is 0. The summed E-state index contributed by atoms with van der Waals surface area (Å²) in [6.07, 6.45) is 3.80. The van der Waals surface area contributed by atoms with Gasteiger partial charge in [0.05, 0.1) is 12.7 Å². The minimum Gasteiger partial charge on any atom is -0.373 e. The van der Waals surface area contributed by atoms with E-state index in [1.165, 1.54) is 11.1 Å². The second kappa shape index (κ2) is 3.75. The van der Waals surface area contributed by atoms with Crippen LogP contribution in [0.5, 0.6) is 0 Å². The monoisotopic (exact) mass is 174 g/mol. The first-order valence-corrected chi connectivity index (χ1v) is 4.68. The molecule has 1 aliphatic rings. The lowest BCUT2D eigenvalue weighted by atomic mass is 10.1. The zero-order valence-electron chi connectivity index (χ0n) is 7.86. The van der Waals surface area contributed by atoms with Crippen molar-refractivity contribution in [3.63, 3.8) is 0 Å². The van der Waals surface area contributed by atoms with Crippen LogP contribution in [0.3, 0.4) is 0 Å². The Bertz CT molecular complexity index is 296. The SMILES string of the molecule is CC(=Cc1ccccc1)CC1CO1. The molecule has 1 aromatic rings. The summed E-state index contributed by atoms with van der Waals surface area (Å²) in [6.45, 7) is 3.11. The zero-order valence-corrected chi connectivity index (χ0v) is 7.86. The Morgan fingerprint density at radius 2 is 2.15 bits per heavy atom. The van der Waals surface area contributed by atoms with Gasteiger partial charge < -0.3 is 4.74 Å². The Morgan fingerprint density at radius 3 is 2.77 bits per heavy atom. The number of benzene rings is 1. The molecule has 1 aromatic carbocycles. The summed E-state index contributed by atoms with van der Waals surface area (Å²) in [5.41, 5.74) is 2.68. The average molecular weight is 174 g/mol. The van der Waals surface area contributed by atoms with Crippen molar-refractivity contribution in [2.24, 2.45) is 0 Å². The van der Waals surface area contributed by atoms with Crippen molar-refractivity contribution in [3.05, 3.63) is 41.5 Å². The smallest absolute Gasteiger partial charge is 0.0846 e. The third-order valence-corrected chi connectivity index (χ3v) is 2.16. The van der Waals surface area contributed by atoms with E-state index in [0.29, 0.717) is 6.10 Å². The van der Waals surface area contributed by atoms with Crippen molar-refractivity contribution in [1.82, 2.24) is 0 Å². The summed E-state index contributed by atoms with van der Waals surface area (Å²) in [4.78, 5) is 0. The van der Waals surface area contributed by atoms with Crippen LogP contribution in [0.2, 0.25) is 0 Å². The largest absolute Gasteiger partial charge is 0.373 e. The molecule has 0 radical (unpaired) electrons. The molecule has 1 heteroatoms. The Hall–Kier alpha value is -1.08. The molecule has 1 aliphatic heterocycles. The summed E-state index contributed by atoms with van der Waals surface area (Å²) in [5.74, 6) is 0. The van der Waals surface area contributed by atoms with E-state index < -0.39 is 0 Å². The van der Waals surface area contributed by atoms with Crippen LogP contribution in [0, 0.1) is 0 Å². The van der Waals surface area contributed by atoms with Crippen LogP contribution in [0.1, 0.15) is 18.9 Å². The first-order valence-electron chi connectivity index (χ1n) is 4.68. The quantitative estimate of drug-likeness (QED) is 0.642. The highest BCUT2D eigenvalue weighted by Gasteiger charge is 2.21. The Morgan fingerprint density at radius 1 is 1.46 bits per heavy atom. The van der Waals surface area contributed by atoms with Gasteiger partial charge in [-0.3, -0.25) is 0 Å². The first-order chi connectivity index (χ1) is 6.34. The first kappa shape index (κ1) is 8.52. The van der Waals surface area contributed by atoms with Gasteiger partial charge in [-0.25, -0.2) is 0 Å². The highest BCUT2D eigenvalue weighted by atomic mass is 16.6. The average Bonchev–Trinajstić information content (AvgIpc) is 2.90. The molecule has 0 aliphatic carbocycles. The van der Waals surface area contributed by atoms with Crippen LogP contribution in [0.4, 0.5) is 0 Å². The van der Waals surface area contributed by atoms with Crippen LogP contribution in [0.25, 0.3) is 6.08 Å². The van der Waals surface area contributed by atoms with Crippen LogP contribution in [0.15, 0.2) is 35.9 Å². The molecule has 0 spiro atoms. The number of hydrogen-bond donors (Lipinski definition) is 0. The predicted molar refractivity (Wildman–Crippen MR) is 54.5 cm³/mol. The Labute approximate surface area is 79.0 Å². The van der Waals surface area contributed by atoms with Gasteiger partial charge in [0, 0.05) is 0 Å². The van der Waals surface area contributed by atoms with E-state index in [2.05, 4.69) is 37.3 Å². The van der Waals surface area contributed by atoms with Crippen molar-refractivity contribution < 1.29 is 4.74 Å². The molecule has 1 atom stereocenters. The minimum absolute atomic E-state index is 0.500. The van der Waals surface area contributed by atoms with Gasteiger partial charge in [0.15, 0.2) is 0 Å². The molecule has 1 heterocycles. The summed E-state index contributed by atoms with van der Waals surface area (Å²) in [6, 6.07) is 10.4. The van der Waals surface area contributed by atoms with Gasteiger partial charge in [0.25, 0.3) is 0 Å². The summed E-state index contributed by atoms with van der Waals surface area (Å²) < 4.78 is 5.18. The molecule has 68 valence electrons. The maximum absolute atomic E-state index is 5.18. The van der Waals surface area contributed by atoms with E-state index in [1.807, 2.05) is 6.07 Å². The molecule has 2 rings (SSSR count). The third-order valence-electron chi connectivity index (χ3n) is 2.16. The number of hydrogen-bond acceptors (Lipinski definition) is 1. The third kappa shape index (κ3) is 2.71. The van der Waals surface area contributed by atoms with E-state index in [9.17, 15) is 0 Å². The molecule has 0 aromatic heterocycles. The maximum Gasteiger partial charge on any atom is 0.0846 e. The molecule has 0 N–H and O–H groups in total. The molecule has 0 bridgehead atoms.